The monoisotopic (exact) mass is 560 g/mol. The smallest absolute Gasteiger partial charge is 0.336 e. The number of carbonyl (C=O) groups is 7. The first-order valence-electron chi connectivity index (χ1n) is 12.3. The van der Waals surface area contributed by atoms with Crippen molar-refractivity contribution in [1.29, 1.82) is 0 Å². The van der Waals surface area contributed by atoms with E-state index >= 15 is 0 Å². The van der Waals surface area contributed by atoms with Crippen molar-refractivity contribution < 1.29 is 43.8 Å². The number of carboxylic acid groups (broad SMARTS) is 2. The van der Waals surface area contributed by atoms with Crippen LogP contribution in [0.5, 0.6) is 0 Å². The molecule has 0 saturated heterocycles. The molecule has 4 amide bonds. The fourth-order valence-electron chi connectivity index (χ4n) is 5.09. The topological polar surface area (TPSA) is 166 Å². The number of carbonyl (C=O) groups excluding carboxylic acids is 5. The number of amides is 4. The highest BCUT2D eigenvalue weighted by Crippen LogP contribution is 2.33. The summed E-state index contributed by atoms with van der Waals surface area (Å²) in [7, 11) is 0. The van der Waals surface area contributed by atoms with Crippen molar-refractivity contribution in [3.8, 4) is 0 Å². The third-order valence-electron chi connectivity index (χ3n) is 7.07. The molecule has 0 spiro atoms. The van der Waals surface area contributed by atoms with Gasteiger partial charge in [0.05, 0.1) is 44.8 Å². The van der Waals surface area contributed by atoms with Gasteiger partial charge in [-0.15, -0.1) is 0 Å². The lowest BCUT2D eigenvalue weighted by atomic mass is 10.0. The molecule has 42 heavy (non-hydrogen) atoms. The lowest BCUT2D eigenvalue weighted by molar-refractivity contribution is 0.0683. The summed E-state index contributed by atoms with van der Waals surface area (Å²) in [6.07, 6.45) is 0. The number of carboxylic acids is 2. The van der Waals surface area contributed by atoms with E-state index in [9.17, 15) is 43.8 Å². The summed E-state index contributed by atoms with van der Waals surface area (Å²) >= 11 is 0. The second-order valence-corrected chi connectivity index (χ2v) is 9.38. The average molecular weight is 560 g/mol. The first-order valence-corrected chi connectivity index (χ1v) is 12.3. The molecule has 6 rings (SSSR count). The summed E-state index contributed by atoms with van der Waals surface area (Å²) in [6.45, 7) is 0. The largest absolute Gasteiger partial charge is 0.478 e. The predicted octanol–water partition coefficient (Wildman–Crippen LogP) is 3.92. The Bertz CT molecular complexity index is 1790. The highest BCUT2D eigenvalue weighted by atomic mass is 16.4. The van der Waals surface area contributed by atoms with Crippen LogP contribution in [0.2, 0.25) is 0 Å². The van der Waals surface area contributed by atoms with Crippen LogP contribution in [0.4, 0.5) is 11.4 Å². The van der Waals surface area contributed by atoms with Crippen LogP contribution in [-0.2, 0) is 0 Å². The summed E-state index contributed by atoms with van der Waals surface area (Å²) in [6, 6.07) is 19.2. The van der Waals surface area contributed by atoms with Gasteiger partial charge in [0.2, 0.25) is 0 Å². The first kappa shape index (κ1) is 26.0. The second-order valence-electron chi connectivity index (χ2n) is 9.38. The minimum Gasteiger partial charge on any atom is -0.478 e. The molecule has 4 aromatic rings. The Hall–Kier alpha value is -6.23. The number of fused-ring (bicyclic) bond motifs is 2. The Morgan fingerprint density at radius 3 is 1.17 bits per heavy atom. The molecule has 0 aliphatic carbocycles. The molecule has 204 valence electrons. The molecule has 0 radical (unpaired) electrons. The van der Waals surface area contributed by atoms with Gasteiger partial charge in [-0.05, 0) is 72.8 Å². The predicted molar refractivity (Wildman–Crippen MR) is 145 cm³/mol. The van der Waals surface area contributed by atoms with Gasteiger partial charge in [-0.3, -0.25) is 24.0 Å². The molecule has 0 unspecified atom stereocenters. The van der Waals surface area contributed by atoms with Crippen LogP contribution in [-0.4, -0.2) is 51.6 Å². The fourth-order valence-corrected chi connectivity index (χ4v) is 5.09. The molecular weight excluding hydrogens is 544 g/mol. The van der Waals surface area contributed by atoms with Gasteiger partial charge in [0.1, 0.15) is 0 Å². The minimum atomic E-state index is -1.34. The summed E-state index contributed by atoms with van der Waals surface area (Å²) in [5.74, 6) is -6.05. The maximum atomic E-state index is 13.1. The van der Waals surface area contributed by atoms with E-state index in [0.717, 1.165) is 9.80 Å². The SMILES string of the molecule is O=C(c1ccc(N2C(=O)c3cccc(C(=O)O)c3C2=O)cc1)c1ccc(N2C(=O)c3cccc(C(=O)O)c3C2=O)cc1. The lowest BCUT2D eigenvalue weighted by Crippen LogP contribution is -2.29. The molecule has 2 aliphatic rings. The van der Waals surface area contributed by atoms with Gasteiger partial charge < -0.3 is 10.2 Å². The molecule has 11 nitrogen and oxygen atoms in total. The van der Waals surface area contributed by atoms with Crippen molar-refractivity contribution in [1.82, 2.24) is 0 Å². The van der Waals surface area contributed by atoms with Crippen LogP contribution in [0.1, 0.15) is 78.1 Å². The number of hydrogen-bond acceptors (Lipinski definition) is 7. The van der Waals surface area contributed by atoms with E-state index in [4.69, 9.17) is 0 Å². The maximum absolute atomic E-state index is 13.1. The van der Waals surface area contributed by atoms with Crippen LogP contribution in [0.3, 0.4) is 0 Å². The standard InChI is InChI=1S/C31H16N2O9/c34-25(15-7-11-17(12-8-15)32-26(35)19-3-1-5-21(30(39)40)23(19)28(32)37)16-9-13-18(14-10-16)33-27(36)20-4-2-6-22(31(41)42)24(20)29(33)38/h1-14H,(H,39,40)(H,41,42). The normalized spacial score (nSPS) is 13.8. The molecule has 4 aromatic carbocycles. The van der Waals surface area contributed by atoms with Crippen molar-refractivity contribution >= 4 is 52.7 Å². The lowest BCUT2D eigenvalue weighted by Gasteiger charge is -2.15. The molecule has 0 fully saturated rings. The Morgan fingerprint density at radius 2 is 0.833 bits per heavy atom. The van der Waals surface area contributed by atoms with Crippen LogP contribution in [0.15, 0.2) is 84.9 Å². The average Bonchev–Trinajstić information content (AvgIpc) is 3.41. The van der Waals surface area contributed by atoms with Crippen molar-refractivity contribution in [2.75, 3.05) is 9.80 Å². The second kappa shape index (κ2) is 9.45. The molecule has 0 atom stereocenters. The zero-order valence-corrected chi connectivity index (χ0v) is 21.2. The van der Waals surface area contributed by atoms with E-state index in [1.165, 1.54) is 84.9 Å². The molecule has 0 aromatic heterocycles. The number of nitrogens with zero attached hydrogens (tertiary/aromatic N) is 2. The molecule has 0 saturated carbocycles. The fraction of sp³-hybridized carbons (Fsp3) is 0. The molecule has 2 heterocycles. The van der Waals surface area contributed by atoms with E-state index in [2.05, 4.69) is 0 Å². The van der Waals surface area contributed by atoms with Gasteiger partial charge in [0.15, 0.2) is 5.78 Å². The van der Waals surface area contributed by atoms with Crippen LogP contribution in [0.25, 0.3) is 0 Å². The van der Waals surface area contributed by atoms with Gasteiger partial charge in [0, 0.05) is 11.1 Å². The highest BCUT2D eigenvalue weighted by Gasteiger charge is 2.41. The number of hydrogen-bond donors (Lipinski definition) is 2. The Morgan fingerprint density at radius 1 is 0.476 bits per heavy atom. The zero-order valence-electron chi connectivity index (χ0n) is 21.2. The van der Waals surface area contributed by atoms with Crippen molar-refractivity contribution in [3.05, 3.63) is 129 Å². The van der Waals surface area contributed by atoms with E-state index in [1.807, 2.05) is 0 Å². The van der Waals surface area contributed by atoms with E-state index < -0.39 is 41.4 Å². The van der Waals surface area contributed by atoms with Crippen LogP contribution in [0, 0.1) is 0 Å². The zero-order chi connectivity index (χ0) is 29.9. The number of aromatic carboxylic acids is 2. The maximum Gasteiger partial charge on any atom is 0.336 e. The molecule has 11 heteroatoms. The van der Waals surface area contributed by atoms with E-state index in [1.54, 1.807) is 0 Å². The van der Waals surface area contributed by atoms with Gasteiger partial charge in [-0.2, -0.15) is 0 Å². The Kier molecular flexibility index (Phi) is 5.85. The molecule has 2 N–H and O–H groups in total. The number of benzene rings is 4. The molecule has 0 bridgehead atoms. The van der Waals surface area contributed by atoms with Gasteiger partial charge in [-0.1, -0.05) is 12.1 Å². The van der Waals surface area contributed by atoms with E-state index in [-0.39, 0.29) is 55.9 Å². The summed E-state index contributed by atoms with van der Waals surface area (Å²) in [4.78, 5) is 89.7. The summed E-state index contributed by atoms with van der Waals surface area (Å²) in [5.41, 5.74) is -0.317. The molecule has 2 aliphatic heterocycles. The third-order valence-corrected chi connectivity index (χ3v) is 7.07. The van der Waals surface area contributed by atoms with Crippen LogP contribution >= 0.6 is 0 Å². The number of ketones is 1. The Balaban J connectivity index is 1.23. The highest BCUT2D eigenvalue weighted by molar-refractivity contribution is 6.37. The summed E-state index contributed by atoms with van der Waals surface area (Å²) < 4.78 is 0. The molecular formula is C31H16N2O9. The summed E-state index contributed by atoms with van der Waals surface area (Å²) in [5, 5.41) is 18.8. The van der Waals surface area contributed by atoms with Crippen molar-refractivity contribution in [3.63, 3.8) is 0 Å². The van der Waals surface area contributed by atoms with Crippen molar-refractivity contribution in [2.45, 2.75) is 0 Å². The quantitative estimate of drug-likeness (QED) is 0.262. The van der Waals surface area contributed by atoms with Gasteiger partial charge >= 0.3 is 11.9 Å². The van der Waals surface area contributed by atoms with Gasteiger partial charge in [-0.25, -0.2) is 19.4 Å². The van der Waals surface area contributed by atoms with Gasteiger partial charge in [0.25, 0.3) is 23.6 Å². The van der Waals surface area contributed by atoms with Crippen LogP contribution < -0.4 is 9.80 Å². The third kappa shape index (κ3) is 3.79. The van der Waals surface area contributed by atoms with Crippen molar-refractivity contribution in [2.24, 2.45) is 0 Å². The Labute approximate surface area is 235 Å². The number of imide groups is 2. The first-order chi connectivity index (χ1) is 20.1. The number of anilines is 2. The number of rotatable bonds is 6. The minimum absolute atomic E-state index is 0.0302. The van der Waals surface area contributed by atoms with E-state index in [0.29, 0.717) is 0 Å².